The molecule has 1 aromatic rings. The van der Waals surface area contributed by atoms with E-state index in [9.17, 15) is 0 Å². The minimum Gasteiger partial charge on any atom is -0.301 e. The molecule has 2 nitrogen and oxygen atoms in total. The monoisotopic (exact) mass is 202 g/mol. The maximum atomic E-state index is 8.77. The summed E-state index contributed by atoms with van der Waals surface area (Å²) in [5.74, 6) is 0. The Morgan fingerprint density at radius 3 is 2.27 bits per heavy atom. The van der Waals surface area contributed by atoms with Crippen LogP contribution in [0.25, 0.3) is 0 Å². The van der Waals surface area contributed by atoms with Gasteiger partial charge in [-0.3, -0.25) is 0 Å². The quantitative estimate of drug-likeness (QED) is 0.750. The van der Waals surface area contributed by atoms with Crippen molar-refractivity contribution >= 4 is 0 Å². The average molecular weight is 202 g/mol. The third-order valence-electron chi connectivity index (χ3n) is 2.68. The zero-order valence-corrected chi connectivity index (χ0v) is 9.70. The van der Waals surface area contributed by atoms with Crippen molar-refractivity contribution in [2.75, 3.05) is 14.1 Å². The first-order chi connectivity index (χ1) is 7.19. The maximum absolute atomic E-state index is 8.77. The van der Waals surface area contributed by atoms with Crippen molar-refractivity contribution in [3.05, 3.63) is 35.4 Å². The first-order valence-electron chi connectivity index (χ1n) is 5.31. The van der Waals surface area contributed by atoms with Gasteiger partial charge in [0.05, 0.1) is 12.5 Å². The van der Waals surface area contributed by atoms with Crippen LogP contribution in [-0.2, 0) is 6.42 Å². The minimum atomic E-state index is 0.209. The van der Waals surface area contributed by atoms with Gasteiger partial charge in [0.15, 0.2) is 0 Å². The van der Waals surface area contributed by atoms with Crippen molar-refractivity contribution < 1.29 is 0 Å². The van der Waals surface area contributed by atoms with Crippen LogP contribution in [0, 0.1) is 11.3 Å². The van der Waals surface area contributed by atoms with Crippen LogP contribution in [0.3, 0.4) is 0 Å². The van der Waals surface area contributed by atoms with E-state index in [4.69, 9.17) is 5.26 Å². The standard InChI is InChI=1S/C13H18N2/c1-4-11-5-7-12(8-6-11)13(9-10-14)15(2)3/h5-8,13H,4,9H2,1-3H3. The fourth-order valence-corrected chi connectivity index (χ4v) is 1.66. The lowest BCUT2D eigenvalue weighted by atomic mass is 10.0. The van der Waals surface area contributed by atoms with Crippen molar-refractivity contribution in [1.82, 2.24) is 4.90 Å². The van der Waals surface area contributed by atoms with Crippen LogP contribution in [0.15, 0.2) is 24.3 Å². The van der Waals surface area contributed by atoms with Crippen molar-refractivity contribution in [3.63, 3.8) is 0 Å². The second kappa shape index (κ2) is 5.53. The van der Waals surface area contributed by atoms with E-state index in [2.05, 4.69) is 42.2 Å². The molecule has 0 aliphatic carbocycles. The molecule has 0 saturated heterocycles. The number of rotatable bonds is 4. The van der Waals surface area contributed by atoms with E-state index in [1.807, 2.05) is 14.1 Å². The van der Waals surface area contributed by atoms with Crippen LogP contribution < -0.4 is 0 Å². The normalized spacial score (nSPS) is 12.5. The van der Waals surface area contributed by atoms with Crippen molar-refractivity contribution in [3.8, 4) is 6.07 Å². The van der Waals surface area contributed by atoms with Gasteiger partial charge in [0.1, 0.15) is 0 Å². The van der Waals surface area contributed by atoms with E-state index in [-0.39, 0.29) is 6.04 Å². The molecule has 80 valence electrons. The van der Waals surface area contributed by atoms with Gasteiger partial charge in [0, 0.05) is 6.04 Å². The molecule has 0 radical (unpaired) electrons. The Balaban J connectivity index is 2.87. The van der Waals surface area contributed by atoms with Gasteiger partial charge in [-0.2, -0.15) is 5.26 Å². The van der Waals surface area contributed by atoms with Gasteiger partial charge < -0.3 is 4.90 Å². The van der Waals surface area contributed by atoms with E-state index in [0.29, 0.717) is 6.42 Å². The number of hydrogen-bond donors (Lipinski definition) is 0. The summed E-state index contributed by atoms with van der Waals surface area (Å²) in [5.41, 5.74) is 2.56. The molecule has 1 unspecified atom stereocenters. The van der Waals surface area contributed by atoms with Gasteiger partial charge in [-0.1, -0.05) is 31.2 Å². The Kier molecular flexibility index (Phi) is 4.33. The van der Waals surface area contributed by atoms with Crippen LogP contribution in [0.5, 0.6) is 0 Å². The first kappa shape index (κ1) is 11.7. The third kappa shape index (κ3) is 3.07. The summed E-state index contributed by atoms with van der Waals surface area (Å²) in [6.45, 7) is 2.15. The smallest absolute Gasteiger partial charge is 0.0641 e. The lowest BCUT2D eigenvalue weighted by Gasteiger charge is -2.22. The molecule has 0 saturated carbocycles. The molecule has 1 rings (SSSR count). The molecule has 0 heterocycles. The van der Waals surface area contributed by atoms with Gasteiger partial charge >= 0.3 is 0 Å². The van der Waals surface area contributed by atoms with Gasteiger partial charge in [0.25, 0.3) is 0 Å². The predicted octanol–water partition coefficient (Wildman–Crippen LogP) is 2.77. The lowest BCUT2D eigenvalue weighted by molar-refractivity contribution is 0.303. The Hall–Kier alpha value is -1.33. The largest absolute Gasteiger partial charge is 0.301 e. The number of benzene rings is 1. The zero-order valence-electron chi connectivity index (χ0n) is 9.70. The summed E-state index contributed by atoms with van der Waals surface area (Å²) in [5, 5.41) is 8.77. The van der Waals surface area contributed by atoms with E-state index < -0.39 is 0 Å². The molecule has 1 atom stereocenters. The molecule has 0 aliphatic rings. The first-order valence-corrected chi connectivity index (χ1v) is 5.31. The van der Waals surface area contributed by atoms with Crippen molar-refractivity contribution in [2.45, 2.75) is 25.8 Å². The number of hydrogen-bond acceptors (Lipinski definition) is 2. The molecule has 0 fully saturated rings. The van der Waals surface area contributed by atoms with Gasteiger partial charge in [0.2, 0.25) is 0 Å². The van der Waals surface area contributed by atoms with Crippen molar-refractivity contribution in [1.29, 1.82) is 5.26 Å². The Morgan fingerprint density at radius 1 is 1.27 bits per heavy atom. The van der Waals surface area contributed by atoms with E-state index >= 15 is 0 Å². The predicted molar refractivity (Wildman–Crippen MR) is 62.5 cm³/mol. The SMILES string of the molecule is CCc1ccc(C(CC#N)N(C)C)cc1. The summed E-state index contributed by atoms with van der Waals surface area (Å²) in [6.07, 6.45) is 1.60. The number of nitrogens with zero attached hydrogens (tertiary/aromatic N) is 2. The van der Waals surface area contributed by atoms with Crippen LogP contribution in [0.2, 0.25) is 0 Å². The highest BCUT2D eigenvalue weighted by molar-refractivity contribution is 5.25. The molecule has 1 aromatic carbocycles. The average Bonchev–Trinajstić information content (AvgIpc) is 2.26. The minimum absolute atomic E-state index is 0.209. The number of nitriles is 1. The summed E-state index contributed by atoms with van der Waals surface area (Å²) >= 11 is 0. The molecule has 0 aromatic heterocycles. The fraction of sp³-hybridized carbons (Fsp3) is 0.462. The van der Waals surface area contributed by atoms with Crippen LogP contribution in [-0.4, -0.2) is 19.0 Å². The molecular formula is C13H18N2. The molecular weight excluding hydrogens is 184 g/mol. The van der Waals surface area contributed by atoms with Gasteiger partial charge in [-0.25, -0.2) is 0 Å². The highest BCUT2D eigenvalue weighted by atomic mass is 15.1. The molecule has 2 heteroatoms. The fourth-order valence-electron chi connectivity index (χ4n) is 1.66. The van der Waals surface area contributed by atoms with E-state index in [0.717, 1.165) is 6.42 Å². The molecule has 15 heavy (non-hydrogen) atoms. The summed E-state index contributed by atoms with van der Waals surface area (Å²) in [7, 11) is 4.02. The van der Waals surface area contributed by atoms with Gasteiger partial charge in [-0.15, -0.1) is 0 Å². The number of aryl methyl sites for hydroxylation is 1. The second-order valence-corrected chi connectivity index (χ2v) is 3.94. The Morgan fingerprint density at radius 2 is 1.87 bits per heavy atom. The molecule has 0 N–H and O–H groups in total. The highest BCUT2D eigenvalue weighted by Gasteiger charge is 2.12. The molecule has 0 bridgehead atoms. The lowest BCUT2D eigenvalue weighted by Crippen LogP contribution is -2.19. The second-order valence-electron chi connectivity index (χ2n) is 3.94. The zero-order chi connectivity index (χ0) is 11.3. The van der Waals surface area contributed by atoms with Crippen LogP contribution >= 0.6 is 0 Å². The Labute approximate surface area is 92.1 Å². The van der Waals surface area contributed by atoms with Gasteiger partial charge in [-0.05, 0) is 31.6 Å². The molecule has 0 spiro atoms. The van der Waals surface area contributed by atoms with Crippen LogP contribution in [0.1, 0.15) is 30.5 Å². The van der Waals surface area contributed by atoms with Crippen LogP contribution in [0.4, 0.5) is 0 Å². The Bertz CT molecular complexity index is 333. The van der Waals surface area contributed by atoms with E-state index in [1.165, 1.54) is 11.1 Å². The highest BCUT2D eigenvalue weighted by Crippen LogP contribution is 2.21. The third-order valence-corrected chi connectivity index (χ3v) is 2.68. The summed E-state index contributed by atoms with van der Waals surface area (Å²) in [4.78, 5) is 2.09. The summed E-state index contributed by atoms with van der Waals surface area (Å²) < 4.78 is 0. The molecule has 0 amide bonds. The summed E-state index contributed by atoms with van der Waals surface area (Å²) in [6, 6.07) is 11.0. The van der Waals surface area contributed by atoms with Crippen molar-refractivity contribution in [2.24, 2.45) is 0 Å². The maximum Gasteiger partial charge on any atom is 0.0641 e. The topological polar surface area (TPSA) is 27.0 Å². The molecule has 0 aliphatic heterocycles. The van der Waals surface area contributed by atoms with E-state index in [1.54, 1.807) is 0 Å².